The van der Waals surface area contributed by atoms with Crippen molar-refractivity contribution >= 4 is 12.2 Å². The first-order chi connectivity index (χ1) is 7.39. The Kier molecular flexibility index (Phi) is 2.22. The van der Waals surface area contributed by atoms with Gasteiger partial charge in [-0.05, 0) is 23.3 Å². The van der Waals surface area contributed by atoms with Crippen LogP contribution in [0.3, 0.4) is 0 Å². The molecule has 0 atom stereocenters. The maximum atomic E-state index is 12.6. The highest BCUT2D eigenvalue weighted by Crippen LogP contribution is 2.34. The first-order valence-corrected chi connectivity index (χ1v) is 4.37. The summed E-state index contributed by atoms with van der Waals surface area (Å²) in [5, 5.41) is 8.72. The van der Waals surface area contributed by atoms with Gasteiger partial charge in [-0.15, -0.1) is 0 Å². The van der Waals surface area contributed by atoms with Gasteiger partial charge in [0, 0.05) is 6.21 Å². The van der Waals surface area contributed by atoms with E-state index < -0.39 is 23.3 Å². The average molecular weight is 229 g/mol. The van der Waals surface area contributed by atoms with Crippen LogP contribution in [0.1, 0.15) is 27.0 Å². The molecule has 0 saturated heterocycles. The number of nitrogens with zero attached hydrogens (tertiary/aromatic N) is 1. The molecular weight excluding hydrogens is 223 g/mol. The summed E-state index contributed by atoms with van der Waals surface area (Å²) in [5.74, 6) is -1.58. The predicted molar refractivity (Wildman–Crippen MR) is 49.7 cm³/mol. The molecule has 16 heavy (non-hydrogen) atoms. The minimum atomic E-state index is -4.67. The van der Waals surface area contributed by atoms with Crippen molar-refractivity contribution in [2.24, 2.45) is 4.99 Å². The van der Waals surface area contributed by atoms with Crippen molar-refractivity contribution in [1.29, 1.82) is 0 Å². The Morgan fingerprint density at radius 2 is 2.06 bits per heavy atom. The molecule has 0 saturated carbocycles. The van der Waals surface area contributed by atoms with Crippen LogP contribution in [0.25, 0.3) is 0 Å². The lowest BCUT2D eigenvalue weighted by Gasteiger charge is -2.11. The van der Waals surface area contributed by atoms with E-state index in [-0.39, 0.29) is 6.54 Å². The highest BCUT2D eigenvalue weighted by atomic mass is 19.4. The van der Waals surface area contributed by atoms with Gasteiger partial charge in [0.25, 0.3) is 0 Å². The number of aliphatic imine (C=N–C) groups is 1. The molecule has 1 aromatic carbocycles. The number of carboxylic acid groups (broad SMARTS) is 1. The fraction of sp³-hybridized carbons (Fsp3) is 0.200. The van der Waals surface area contributed by atoms with Gasteiger partial charge in [0.1, 0.15) is 0 Å². The van der Waals surface area contributed by atoms with E-state index in [2.05, 4.69) is 4.99 Å². The van der Waals surface area contributed by atoms with E-state index in [0.717, 1.165) is 12.1 Å². The fourth-order valence-electron chi connectivity index (χ4n) is 1.57. The summed E-state index contributed by atoms with van der Waals surface area (Å²) < 4.78 is 37.7. The van der Waals surface area contributed by atoms with E-state index in [1.54, 1.807) is 0 Å². The van der Waals surface area contributed by atoms with Crippen LogP contribution in [0, 0.1) is 0 Å². The normalized spacial score (nSPS) is 13.9. The third-order valence-corrected chi connectivity index (χ3v) is 2.31. The lowest BCUT2D eigenvalue weighted by molar-refractivity contribution is -0.138. The largest absolute Gasteiger partial charge is 0.478 e. The Balaban J connectivity index is 2.65. The Morgan fingerprint density at radius 3 is 2.62 bits per heavy atom. The number of alkyl halides is 3. The molecule has 0 spiro atoms. The van der Waals surface area contributed by atoms with Crippen LogP contribution in [-0.2, 0) is 12.7 Å². The number of carbonyl (C=O) groups is 1. The number of hydrogen-bond donors (Lipinski definition) is 1. The Hall–Kier alpha value is -1.85. The van der Waals surface area contributed by atoms with Gasteiger partial charge >= 0.3 is 12.1 Å². The predicted octanol–water partition coefficient (Wildman–Crippen LogP) is 2.34. The number of rotatable bonds is 1. The zero-order valence-electron chi connectivity index (χ0n) is 7.88. The summed E-state index contributed by atoms with van der Waals surface area (Å²) in [4.78, 5) is 14.5. The molecule has 1 heterocycles. The number of benzene rings is 1. The molecule has 0 unspecified atom stereocenters. The Morgan fingerprint density at radius 1 is 1.38 bits per heavy atom. The highest BCUT2D eigenvalue weighted by Gasteiger charge is 2.36. The van der Waals surface area contributed by atoms with E-state index >= 15 is 0 Å². The Bertz CT molecular complexity index is 492. The number of carboxylic acids is 1. The van der Waals surface area contributed by atoms with E-state index in [1.807, 2.05) is 0 Å². The van der Waals surface area contributed by atoms with Crippen LogP contribution in [0.15, 0.2) is 17.1 Å². The summed E-state index contributed by atoms with van der Waals surface area (Å²) in [5.41, 5.74) is -1.02. The zero-order valence-corrected chi connectivity index (χ0v) is 7.88. The monoisotopic (exact) mass is 229 g/mol. The number of aromatic carboxylic acids is 1. The first-order valence-electron chi connectivity index (χ1n) is 4.37. The van der Waals surface area contributed by atoms with Gasteiger partial charge in [-0.1, -0.05) is 0 Å². The quantitative estimate of drug-likeness (QED) is 0.803. The summed E-state index contributed by atoms with van der Waals surface area (Å²) in [6, 6.07) is 1.86. The van der Waals surface area contributed by atoms with Crippen LogP contribution < -0.4 is 0 Å². The second-order valence-corrected chi connectivity index (χ2v) is 3.37. The molecule has 84 valence electrons. The lowest BCUT2D eigenvalue weighted by Crippen LogP contribution is -2.14. The van der Waals surface area contributed by atoms with Crippen LogP contribution in [0.5, 0.6) is 0 Å². The molecule has 6 heteroatoms. The topological polar surface area (TPSA) is 49.7 Å². The SMILES string of the molecule is O=C(O)c1cc2c(cc1C(F)(F)F)C=NC2. The molecule has 1 aliphatic heterocycles. The van der Waals surface area contributed by atoms with Crippen molar-refractivity contribution in [3.63, 3.8) is 0 Å². The summed E-state index contributed by atoms with van der Waals surface area (Å²) in [6.45, 7) is 0.230. The van der Waals surface area contributed by atoms with Crippen molar-refractivity contribution in [2.45, 2.75) is 12.7 Å². The molecule has 3 nitrogen and oxygen atoms in total. The summed E-state index contributed by atoms with van der Waals surface area (Å²) in [7, 11) is 0. The van der Waals surface area contributed by atoms with Crippen LogP contribution in [0.4, 0.5) is 13.2 Å². The smallest absolute Gasteiger partial charge is 0.417 e. The Labute approximate surface area is 88.2 Å². The number of hydrogen-bond acceptors (Lipinski definition) is 2. The minimum Gasteiger partial charge on any atom is -0.478 e. The van der Waals surface area contributed by atoms with Gasteiger partial charge in [-0.2, -0.15) is 13.2 Å². The zero-order chi connectivity index (χ0) is 11.9. The third kappa shape index (κ3) is 1.66. The molecular formula is C10H6F3NO2. The molecule has 0 radical (unpaired) electrons. The van der Waals surface area contributed by atoms with Crippen molar-refractivity contribution in [3.8, 4) is 0 Å². The van der Waals surface area contributed by atoms with Crippen LogP contribution >= 0.6 is 0 Å². The molecule has 1 aromatic rings. The summed E-state index contributed by atoms with van der Waals surface area (Å²) >= 11 is 0. The highest BCUT2D eigenvalue weighted by molar-refractivity contribution is 5.93. The molecule has 1 aliphatic rings. The maximum absolute atomic E-state index is 12.6. The van der Waals surface area contributed by atoms with Gasteiger partial charge in [0.15, 0.2) is 0 Å². The fourth-order valence-corrected chi connectivity index (χ4v) is 1.57. The van der Waals surface area contributed by atoms with Crippen molar-refractivity contribution < 1.29 is 23.1 Å². The van der Waals surface area contributed by atoms with Gasteiger partial charge in [0.05, 0.1) is 17.7 Å². The molecule has 2 rings (SSSR count). The molecule has 0 fully saturated rings. The standard InChI is InChI=1S/C10H6F3NO2/c11-10(12,13)8-2-6-4-14-3-5(6)1-7(8)9(15)16/h1-2,4H,3H2,(H,15,16). The third-order valence-electron chi connectivity index (χ3n) is 2.31. The number of fused-ring (bicyclic) bond motifs is 1. The average Bonchev–Trinajstić information content (AvgIpc) is 2.60. The van der Waals surface area contributed by atoms with Gasteiger partial charge in [0.2, 0.25) is 0 Å². The minimum absolute atomic E-state index is 0.230. The van der Waals surface area contributed by atoms with Gasteiger partial charge in [-0.3, -0.25) is 4.99 Å². The van der Waals surface area contributed by atoms with Crippen LogP contribution in [0.2, 0.25) is 0 Å². The second-order valence-electron chi connectivity index (χ2n) is 3.37. The molecule has 0 amide bonds. The van der Waals surface area contributed by atoms with Crippen molar-refractivity contribution in [2.75, 3.05) is 0 Å². The molecule has 0 aliphatic carbocycles. The number of halogens is 3. The second kappa shape index (κ2) is 3.33. The molecule has 0 bridgehead atoms. The maximum Gasteiger partial charge on any atom is 0.417 e. The van der Waals surface area contributed by atoms with E-state index in [4.69, 9.17) is 5.11 Å². The first kappa shape index (κ1) is 10.7. The van der Waals surface area contributed by atoms with Gasteiger partial charge in [-0.25, -0.2) is 4.79 Å². The van der Waals surface area contributed by atoms with Crippen molar-refractivity contribution in [3.05, 3.63) is 34.4 Å². The van der Waals surface area contributed by atoms with Crippen molar-refractivity contribution in [1.82, 2.24) is 0 Å². The summed E-state index contributed by atoms with van der Waals surface area (Å²) in [6.07, 6.45) is -3.35. The van der Waals surface area contributed by atoms with Crippen LogP contribution in [-0.4, -0.2) is 17.3 Å². The lowest BCUT2D eigenvalue weighted by atomic mass is 9.99. The van der Waals surface area contributed by atoms with E-state index in [9.17, 15) is 18.0 Å². The van der Waals surface area contributed by atoms with E-state index in [1.165, 1.54) is 6.21 Å². The molecule has 1 N–H and O–H groups in total. The molecule has 0 aromatic heterocycles. The van der Waals surface area contributed by atoms with E-state index in [0.29, 0.717) is 11.1 Å². The van der Waals surface area contributed by atoms with Gasteiger partial charge < -0.3 is 5.11 Å².